The Labute approximate surface area is 125 Å². The molecular weight excluding hydrogens is 287 g/mol. The molecule has 2 rings (SSSR count). The summed E-state index contributed by atoms with van der Waals surface area (Å²) < 4.78 is 16.6. The zero-order valence-electron chi connectivity index (χ0n) is 12.2. The van der Waals surface area contributed by atoms with Crippen LogP contribution in [0.2, 0.25) is 0 Å². The molecule has 0 aromatic heterocycles. The Kier molecular flexibility index (Phi) is 5.80. The van der Waals surface area contributed by atoms with E-state index in [-0.39, 0.29) is 6.16 Å². The van der Waals surface area contributed by atoms with Crippen molar-refractivity contribution >= 4 is 18.4 Å². The zero-order chi connectivity index (χ0) is 15.1. The molecule has 0 heterocycles. The molecule has 21 heavy (non-hydrogen) atoms. The van der Waals surface area contributed by atoms with Gasteiger partial charge in [0.1, 0.15) is 0 Å². The Bertz CT molecular complexity index is 626. The van der Waals surface area contributed by atoms with Crippen molar-refractivity contribution < 1.29 is 19.0 Å². The fourth-order valence-electron chi connectivity index (χ4n) is 2.10. The highest BCUT2D eigenvalue weighted by atomic mass is 31.2. The Morgan fingerprint density at radius 1 is 1.05 bits per heavy atom. The van der Waals surface area contributed by atoms with Gasteiger partial charge in [-0.25, -0.2) is 0 Å². The van der Waals surface area contributed by atoms with Crippen molar-refractivity contribution in [3.63, 3.8) is 0 Å². The van der Waals surface area contributed by atoms with E-state index in [1.165, 1.54) is 0 Å². The van der Waals surface area contributed by atoms with E-state index in [2.05, 4.69) is 6.92 Å². The van der Waals surface area contributed by atoms with E-state index < -0.39 is 7.60 Å². The Hall–Kier alpha value is -1.35. The third-order valence-corrected chi connectivity index (χ3v) is 4.45. The van der Waals surface area contributed by atoms with Gasteiger partial charge in [-0.05, 0) is 29.3 Å². The van der Waals surface area contributed by atoms with Crippen LogP contribution in [0.3, 0.4) is 0 Å². The van der Waals surface area contributed by atoms with Crippen molar-refractivity contribution in [2.75, 3.05) is 6.16 Å². The van der Waals surface area contributed by atoms with Crippen LogP contribution in [0.25, 0.3) is 10.8 Å². The van der Waals surface area contributed by atoms with Crippen LogP contribution >= 0.6 is 7.60 Å². The first-order valence-electron chi connectivity index (χ1n) is 7.27. The maximum atomic E-state index is 11.8. The minimum Gasteiger partial charge on any atom is -0.329 e. The van der Waals surface area contributed by atoms with Crippen molar-refractivity contribution in [1.29, 1.82) is 0 Å². The van der Waals surface area contributed by atoms with Crippen LogP contribution in [0.4, 0.5) is 0 Å². The maximum absolute atomic E-state index is 11.8. The van der Waals surface area contributed by atoms with Crippen LogP contribution in [-0.2, 0) is 9.24 Å². The summed E-state index contributed by atoms with van der Waals surface area (Å²) in [7, 11) is -3.68. The summed E-state index contributed by atoms with van der Waals surface area (Å²) >= 11 is 0. The Morgan fingerprint density at radius 2 is 1.81 bits per heavy atom. The van der Waals surface area contributed by atoms with Crippen LogP contribution in [0.1, 0.15) is 32.6 Å². The van der Waals surface area contributed by atoms with Crippen LogP contribution in [0, 0.1) is 0 Å². The summed E-state index contributed by atoms with van der Waals surface area (Å²) in [6.45, 7) is 2.10. The SMILES string of the molecule is CCCCCCP(=O)(O)OOc1ccc2ccccc2c1. The van der Waals surface area contributed by atoms with Gasteiger partial charge < -0.3 is 9.78 Å². The van der Waals surface area contributed by atoms with Crippen molar-refractivity contribution in [2.24, 2.45) is 0 Å². The van der Waals surface area contributed by atoms with Gasteiger partial charge in [-0.3, -0.25) is 4.57 Å². The largest absolute Gasteiger partial charge is 0.366 e. The lowest BCUT2D eigenvalue weighted by Crippen LogP contribution is -1.99. The molecule has 0 amide bonds. The highest BCUT2D eigenvalue weighted by molar-refractivity contribution is 7.52. The molecule has 0 fully saturated rings. The van der Waals surface area contributed by atoms with Crippen LogP contribution in [-0.4, -0.2) is 11.1 Å². The molecule has 5 heteroatoms. The fraction of sp³-hybridized carbons (Fsp3) is 0.375. The minimum atomic E-state index is -3.68. The highest BCUT2D eigenvalue weighted by Gasteiger charge is 2.21. The van der Waals surface area contributed by atoms with Crippen LogP contribution < -0.4 is 4.89 Å². The van der Waals surface area contributed by atoms with Crippen molar-refractivity contribution in [2.45, 2.75) is 32.6 Å². The van der Waals surface area contributed by atoms with Gasteiger partial charge in [0.2, 0.25) is 0 Å². The predicted octanol–water partition coefficient (Wildman–Crippen LogP) is 4.92. The molecule has 1 atom stereocenters. The molecule has 114 valence electrons. The van der Waals surface area contributed by atoms with E-state index in [0.29, 0.717) is 12.2 Å². The Morgan fingerprint density at radius 3 is 2.57 bits per heavy atom. The molecule has 1 unspecified atom stereocenters. The van der Waals surface area contributed by atoms with E-state index in [1.807, 2.05) is 30.3 Å². The number of hydrogen-bond donors (Lipinski definition) is 1. The van der Waals surface area contributed by atoms with Crippen molar-refractivity contribution in [3.05, 3.63) is 42.5 Å². The van der Waals surface area contributed by atoms with E-state index in [9.17, 15) is 9.46 Å². The quantitative estimate of drug-likeness (QED) is 0.325. The van der Waals surface area contributed by atoms with Gasteiger partial charge in [-0.1, -0.05) is 61.2 Å². The highest BCUT2D eigenvalue weighted by Crippen LogP contribution is 2.43. The summed E-state index contributed by atoms with van der Waals surface area (Å²) in [6.07, 6.45) is 3.87. The number of fused-ring (bicyclic) bond motifs is 1. The molecule has 2 aromatic carbocycles. The van der Waals surface area contributed by atoms with Crippen molar-refractivity contribution in [3.8, 4) is 5.75 Å². The molecule has 0 radical (unpaired) electrons. The smallest absolute Gasteiger partial charge is 0.329 e. The number of benzene rings is 2. The van der Waals surface area contributed by atoms with Gasteiger partial charge >= 0.3 is 7.60 Å². The summed E-state index contributed by atoms with van der Waals surface area (Å²) in [6, 6.07) is 13.2. The average molecular weight is 308 g/mol. The van der Waals surface area contributed by atoms with Gasteiger partial charge in [-0.15, -0.1) is 0 Å². The van der Waals surface area contributed by atoms with Gasteiger partial charge in [0.05, 0.1) is 6.16 Å². The third-order valence-electron chi connectivity index (χ3n) is 3.27. The topological polar surface area (TPSA) is 55.8 Å². The normalized spacial score (nSPS) is 14.0. The molecule has 0 aliphatic rings. The summed E-state index contributed by atoms with van der Waals surface area (Å²) in [5, 5.41) is 2.07. The number of rotatable bonds is 8. The van der Waals surface area contributed by atoms with E-state index >= 15 is 0 Å². The zero-order valence-corrected chi connectivity index (χ0v) is 13.1. The molecule has 0 saturated heterocycles. The molecular formula is C16H21O4P. The lowest BCUT2D eigenvalue weighted by atomic mass is 10.1. The van der Waals surface area contributed by atoms with Crippen LogP contribution in [0.15, 0.2) is 42.5 Å². The molecule has 0 aliphatic carbocycles. The molecule has 1 N–H and O–H groups in total. The lowest BCUT2D eigenvalue weighted by molar-refractivity contribution is -0.108. The van der Waals surface area contributed by atoms with E-state index in [1.54, 1.807) is 12.1 Å². The second kappa shape index (κ2) is 7.60. The first-order chi connectivity index (χ1) is 10.1. The first-order valence-corrected chi connectivity index (χ1v) is 9.04. The van der Waals surface area contributed by atoms with Gasteiger partial charge in [0, 0.05) is 0 Å². The maximum Gasteiger partial charge on any atom is 0.366 e. The summed E-state index contributed by atoms with van der Waals surface area (Å²) in [5.74, 6) is 0.427. The molecule has 0 aliphatic heterocycles. The molecule has 0 bridgehead atoms. The van der Waals surface area contributed by atoms with Crippen LogP contribution in [0.5, 0.6) is 5.75 Å². The molecule has 0 spiro atoms. The second-order valence-corrected chi connectivity index (χ2v) is 6.96. The fourth-order valence-corrected chi connectivity index (χ4v) is 3.00. The number of hydrogen-bond acceptors (Lipinski definition) is 3. The Balaban J connectivity index is 1.89. The molecule has 0 saturated carbocycles. The molecule has 4 nitrogen and oxygen atoms in total. The average Bonchev–Trinajstić information content (AvgIpc) is 2.49. The minimum absolute atomic E-state index is 0.126. The third kappa shape index (κ3) is 5.16. The standard InChI is InChI=1S/C16H21O4P/c1-2-3-4-7-12-21(17,18)20-19-16-11-10-14-8-5-6-9-15(14)13-16/h5-6,8-11,13H,2-4,7,12H2,1H3,(H,17,18). The predicted molar refractivity (Wildman–Crippen MR) is 84.5 cm³/mol. The summed E-state index contributed by atoms with van der Waals surface area (Å²) in [5.41, 5.74) is 0. The summed E-state index contributed by atoms with van der Waals surface area (Å²) in [4.78, 5) is 14.7. The van der Waals surface area contributed by atoms with Gasteiger partial charge in [0.25, 0.3) is 0 Å². The first kappa shape index (κ1) is 16.0. The van der Waals surface area contributed by atoms with E-state index in [0.717, 1.165) is 30.0 Å². The monoisotopic (exact) mass is 308 g/mol. The molecule has 2 aromatic rings. The second-order valence-electron chi connectivity index (χ2n) is 5.09. The lowest BCUT2D eigenvalue weighted by Gasteiger charge is -2.11. The van der Waals surface area contributed by atoms with Gasteiger partial charge in [0.15, 0.2) is 5.75 Å². The van der Waals surface area contributed by atoms with Crippen molar-refractivity contribution in [1.82, 2.24) is 0 Å². The van der Waals surface area contributed by atoms with Gasteiger partial charge in [-0.2, -0.15) is 0 Å². The van der Waals surface area contributed by atoms with E-state index in [4.69, 9.17) is 9.56 Å². The number of unbranched alkanes of at least 4 members (excludes halogenated alkanes) is 3.